The predicted molar refractivity (Wildman–Crippen MR) is 76.9 cm³/mol. The first-order valence-corrected chi connectivity index (χ1v) is 7.11. The van der Waals surface area contributed by atoms with Crippen LogP contribution in [0.25, 0.3) is 0 Å². The fraction of sp³-hybridized carbons (Fsp3) is 0.692. The predicted octanol–water partition coefficient (Wildman–Crippen LogP) is -1.08. The number of piperazine rings is 1. The third-order valence-electron chi connectivity index (χ3n) is 4.27. The maximum Gasteiger partial charge on any atom is 0.254 e. The number of anilines is 1. The molecule has 20 heavy (non-hydrogen) atoms. The number of primary amides is 1. The molecule has 0 saturated carbocycles. The van der Waals surface area contributed by atoms with Crippen LogP contribution in [0.1, 0.15) is 16.1 Å². The van der Waals surface area contributed by atoms with Crippen LogP contribution >= 0.6 is 0 Å². The van der Waals surface area contributed by atoms with Crippen LogP contribution in [0.4, 0.5) is 5.82 Å². The highest BCUT2D eigenvalue weighted by atomic mass is 16.1. The lowest BCUT2D eigenvalue weighted by atomic mass is 10.0. The van der Waals surface area contributed by atoms with Gasteiger partial charge in [-0.05, 0) is 6.92 Å². The fourth-order valence-electron chi connectivity index (χ4n) is 3.20. The van der Waals surface area contributed by atoms with E-state index < -0.39 is 5.91 Å². The van der Waals surface area contributed by atoms with Gasteiger partial charge in [-0.3, -0.25) is 14.4 Å². The number of aromatic nitrogens is 2. The van der Waals surface area contributed by atoms with Gasteiger partial charge < -0.3 is 16.0 Å². The van der Waals surface area contributed by atoms with E-state index in [2.05, 4.69) is 20.2 Å². The Kier molecular flexibility index (Phi) is 3.39. The Labute approximate surface area is 118 Å². The normalized spacial score (nSPS) is 21.0. The van der Waals surface area contributed by atoms with Crippen molar-refractivity contribution in [1.29, 1.82) is 0 Å². The summed E-state index contributed by atoms with van der Waals surface area (Å²) >= 11 is 0. The summed E-state index contributed by atoms with van der Waals surface area (Å²) < 4.78 is 1.77. The Morgan fingerprint density at radius 3 is 2.60 bits per heavy atom. The molecule has 7 heteroatoms. The zero-order valence-corrected chi connectivity index (χ0v) is 12.1. The van der Waals surface area contributed by atoms with Gasteiger partial charge in [0.15, 0.2) is 0 Å². The molecule has 110 valence electrons. The molecular formula is C13H22N6O. The van der Waals surface area contributed by atoms with Crippen molar-refractivity contribution in [2.45, 2.75) is 13.0 Å². The number of carbonyl (C=O) groups is 1. The maximum atomic E-state index is 11.6. The van der Waals surface area contributed by atoms with Crippen LogP contribution in [-0.4, -0.2) is 65.9 Å². The summed E-state index contributed by atoms with van der Waals surface area (Å²) in [5.41, 5.74) is 6.76. The first kappa shape index (κ1) is 13.4. The van der Waals surface area contributed by atoms with E-state index in [0.29, 0.717) is 17.3 Å². The molecule has 0 aliphatic carbocycles. The molecule has 0 atom stereocenters. The average Bonchev–Trinajstić information content (AvgIpc) is 2.64. The number of nitrogens with two attached hydrogens (primary N) is 1. The standard InChI is InChI=1S/C13H22N6O/c1-9-11(12(14)20)13(17(2)16-9)19-7-10(8-19)18-5-3-15-4-6-18/h10,15H,3-8H2,1-2H3,(H2,14,20). The molecule has 0 aromatic carbocycles. The van der Waals surface area contributed by atoms with Crippen molar-refractivity contribution in [3.63, 3.8) is 0 Å². The summed E-state index contributed by atoms with van der Waals surface area (Å²) in [6.45, 7) is 8.05. The third kappa shape index (κ3) is 2.16. The molecule has 3 rings (SSSR count). The molecule has 7 nitrogen and oxygen atoms in total. The van der Waals surface area contributed by atoms with Crippen molar-refractivity contribution in [1.82, 2.24) is 20.0 Å². The molecule has 0 bridgehead atoms. The van der Waals surface area contributed by atoms with Crippen molar-refractivity contribution in [3.05, 3.63) is 11.3 Å². The lowest BCUT2D eigenvalue weighted by Crippen LogP contribution is -2.63. The van der Waals surface area contributed by atoms with E-state index in [-0.39, 0.29) is 0 Å². The summed E-state index contributed by atoms with van der Waals surface area (Å²) in [7, 11) is 1.87. The Bertz CT molecular complexity index is 513. The van der Waals surface area contributed by atoms with Gasteiger partial charge in [0.2, 0.25) is 0 Å². The van der Waals surface area contributed by atoms with Crippen LogP contribution in [0.3, 0.4) is 0 Å². The van der Waals surface area contributed by atoms with Crippen LogP contribution in [0, 0.1) is 6.92 Å². The Morgan fingerprint density at radius 1 is 1.35 bits per heavy atom. The molecule has 0 spiro atoms. The van der Waals surface area contributed by atoms with Gasteiger partial charge in [-0.15, -0.1) is 0 Å². The van der Waals surface area contributed by atoms with Gasteiger partial charge >= 0.3 is 0 Å². The SMILES string of the molecule is Cc1nn(C)c(N2CC(N3CCNCC3)C2)c1C(N)=O. The van der Waals surface area contributed by atoms with Gasteiger partial charge in [-0.1, -0.05) is 0 Å². The van der Waals surface area contributed by atoms with E-state index >= 15 is 0 Å². The molecular weight excluding hydrogens is 256 g/mol. The van der Waals surface area contributed by atoms with Gasteiger partial charge in [-0.25, -0.2) is 0 Å². The highest BCUT2D eigenvalue weighted by Gasteiger charge is 2.36. The summed E-state index contributed by atoms with van der Waals surface area (Å²) in [6.07, 6.45) is 0. The zero-order chi connectivity index (χ0) is 14.3. The number of hydrogen-bond donors (Lipinski definition) is 2. The highest BCUT2D eigenvalue weighted by molar-refractivity contribution is 5.99. The second-order valence-corrected chi connectivity index (χ2v) is 5.62. The highest BCUT2D eigenvalue weighted by Crippen LogP contribution is 2.28. The first-order chi connectivity index (χ1) is 9.58. The van der Waals surface area contributed by atoms with Crippen molar-refractivity contribution < 1.29 is 4.79 Å². The summed E-state index contributed by atoms with van der Waals surface area (Å²) in [6, 6.07) is 0.577. The minimum atomic E-state index is -0.392. The molecule has 1 aromatic heterocycles. The van der Waals surface area contributed by atoms with E-state index in [1.165, 1.54) is 0 Å². The lowest BCUT2D eigenvalue weighted by molar-refractivity contribution is 0.0999. The largest absolute Gasteiger partial charge is 0.365 e. The fourth-order valence-corrected chi connectivity index (χ4v) is 3.20. The lowest BCUT2D eigenvalue weighted by Gasteiger charge is -2.47. The zero-order valence-electron chi connectivity index (χ0n) is 12.1. The average molecular weight is 278 g/mol. The number of hydrogen-bond acceptors (Lipinski definition) is 5. The molecule has 1 aromatic rings. The minimum Gasteiger partial charge on any atom is -0.365 e. The van der Waals surface area contributed by atoms with Crippen LogP contribution < -0.4 is 16.0 Å². The number of carbonyl (C=O) groups excluding carboxylic acids is 1. The second-order valence-electron chi connectivity index (χ2n) is 5.62. The van der Waals surface area contributed by atoms with Crippen LogP contribution in [0.2, 0.25) is 0 Å². The monoisotopic (exact) mass is 278 g/mol. The van der Waals surface area contributed by atoms with E-state index in [0.717, 1.165) is 45.1 Å². The van der Waals surface area contributed by atoms with Crippen molar-refractivity contribution in [2.24, 2.45) is 12.8 Å². The van der Waals surface area contributed by atoms with Crippen molar-refractivity contribution >= 4 is 11.7 Å². The first-order valence-electron chi connectivity index (χ1n) is 7.11. The maximum absolute atomic E-state index is 11.6. The molecule has 2 aliphatic heterocycles. The molecule has 3 heterocycles. The summed E-state index contributed by atoms with van der Waals surface area (Å²) in [5, 5.41) is 7.69. The molecule has 0 unspecified atom stereocenters. The van der Waals surface area contributed by atoms with Gasteiger partial charge in [-0.2, -0.15) is 5.10 Å². The van der Waals surface area contributed by atoms with E-state index in [4.69, 9.17) is 5.73 Å². The Balaban J connectivity index is 1.72. The van der Waals surface area contributed by atoms with E-state index in [1.54, 1.807) is 4.68 Å². The van der Waals surface area contributed by atoms with Crippen LogP contribution in [0.5, 0.6) is 0 Å². The van der Waals surface area contributed by atoms with Gasteiger partial charge in [0.05, 0.1) is 5.69 Å². The second kappa shape index (κ2) is 5.06. The number of amides is 1. The van der Waals surface area contributed by atoms with E-state index in [9.17, 15) is 4.79 Å². The van der Waals surface area contributed by atoms with Gasteiger partial charge in [0.1, 0.15) is 11.4 Å². The molecule has 3 N–H and O–H groups in total. The summed E-state index contributed by atoms with van der Waals surface area (Å²) in [5.74, 6) is 0.470. The minimum absolute atomic E-state index is 0.392. The molecule has 1 amide bonds. The molecule has 0 radical (unpaired) electrons. The number of rotatable bonds is 3. The van der Waals surface area contributed by atoms with Crippen molar-refractivity contribution in [2.75, 3.05) is 44.2 Å². The molecule has 2 saturated heterocycles. The Morgan fingerprint density at radius 2 is 2.00 bits per heavy atom. The quantitative estimate of drug-likeness (QED) is 0.735. The summed E-state index contributed by atoms with van der Waals surface area (Å²) in [4.78, 5) is 16.3. The number of nitrogens with zero attached hydrogens (tertiary/aromatic N) is 4. The van der Waals surface area contributed by atoms with Gasteiger partial charge in [0, 0.05) is 52.4 Å². The smallest absolute Gasteiger partial charge is 0.254 e. The van der Waals surface area contributed by atoms with Crippen molar-refractivity contribution in [3.8, 4) is 0 Å². The number of aryl methyl sites for hydroxylation is 2. The van der Waals surface area contributed by atoms with Crippen LogP contribution in [-0.2, 0) is 7.05 Å². The molecule has 2 fully saturated rings. The molecule has 2 aliphatic rings. The Hall–Kier alpha value is -1.60. The van der Waals surface area contributed by atoms with E-state index in [1.807, 2.05) is 14.0 Å². The van der Waals surface area contributed by atoms with Crippen LogP contribution in [0.15, 0.2) is 0 Å². The number of nitrogens with one attached hydrogen (secondary N) is 1. The van der Waals surface area contributed by atoms with Gasteiger partial charge in [0.25, 0.3) is 5.91 Å². The topological polar surface area (TPSA) is 79.4 Å². The third-order valence-corrected chi connectivity index (χ3v) is 4.27.